The van der Waals surface area contributed by atoms with E-state index in [4.69, 9.17) is 0 Å². The largest absolute Gasteiger partial charge is 0.351 e. The van der Waals surface area contributed by atoms with Crippen molar-refractivity contribution >= 4 is 5.91 Å². The zero-order valence-corrected chi connectivity index (χ0v) is 15.1. The SMILES string of the molecule is Cc1c(C(=O)NCC2(c3ccccc3)CCC2)cnn1-c1ccc(=O)[nH]n1. The Bertz CT molecular complexity index is 998. The van der Waals surface area contributed by atoms with E-state index < -0.39 is 0 Å². The summed E-state index contributed by atoms with van der Waals surface area (Å²) < 4.78 is 1.54. The highest BCUT2D eigenvalue weighted by Gasteiger charge is 2.38. The van der Waals surface area contributed by atoms with Gasteiger partial charge in [-0.15, -0.1) is 0 Å². The molecule has 1 amide bonds. The van der Waals surface area contributed by atoms with E-state index in [1.54, 1.807) is 10.7 Å². The van der Waals surface area contributed by atoms with Gasteiger partial charge in [0.25, 0.3) is 11.5 Å². The van der Waals surface area contributed by atoms with Crippen LogP contribution in [0.2, 0.25) is 0 Å². The molecule has 0 atom stereocenters. The number of carbonyl (C=O) groups is 1. The summed E-state index contributed by atoms with van der Waals surface area (Å²) in [6, 6.07) is 13.3. The van der Waals surface area contributed by atoms with Crippen molar-refractivity contribution in [1.29, 1.82) is 0 Å². The fourth-order valence-corrected chi connectivity index (χ4v) is 3.63. The second-order valence-corrected chi connectivity index (χ2v) is 7.02. The summed E-state index contributed by atoms with van der Waals surface area (Å²) in [6.07, 6.45) is 4.88. The lowest BCUT2D eigenvalue weighted by Crippen LogP contribution is -2.45. The zero-order chi connectivity index (χ0) is 18.9. The Hall–Kier alpha value is -3.22. The molecule has 2 heterocycles. The number of rotatable bonds is 5. The summed E-state index contributed by atoms with van der Waals surface area (Å²) in [5, 5.41) is 13.7. The summed E-state index contributed by atoms with van der Waals surface area (Å²) in [7, 11) is 0. The summed E-state index contributed by atoms with van der Waals surface area (Å²) in [4.78, 5) is 23.9. The lowest BCUT2D eigenvalue weighted by atomic mass is 9.64. The predicted octanol–water partition coefficient (Wildman–Crippen LogP) is 2.12. The lowest BCUT2D eigenvalue weighted by Gasteiger charge is -2.42. The molecule has 0 unspecified atom stereocenters. The molecule has 138 valence electrons. The van der Waals surface area contributed by atoms with E-state index in [-0.39, 0.29) is 16.9 Å². The molecule has 1 aliphatic carbocycles. The number of aromatic amines is 1. The van der Waals surface area contributed by atoms with Crippen molar-refractivity contribution in [3.63, 3.8) is 0 Å². The number of benzene rings is 1. The van der Waals surface area contributed by atoms with Crippen LogP contribution in [-0.2, 0) is 5.41 Å². The molecule has 0 radical (unpaired) electrons. The van der Waals surface area contributed by atoms with E-state index in [9.17, 15) is 9.59 Å². The van der Waals surface area contributed by atoms with Crippen LogP contribution in [-0.4, -0.2) is 32.4 Å². The van der Waals surface area contributed by atoms with Crippen molar-refractivity contribution in [3.8, 4) is 5.82 Å². The quantitative estimate of drug-likeness (QED) is 0.726. The molecule has 7 nitrogen and oxygen atoms in total. The number of amides is 1. The minimum absolute atomic E-state index is 0.0291. The van der Waals surface area contributed by atoms with Gasteiger partial charge in [-0.3, -0.25) is 9.59 Å². The van der Waals surface area contributed by atoms with Gasteiger partial charge in [0.1, 0.15) is 0 Å². The van der Waals surface area contributed by atoms with Gasteiger partial charge >= 0.3 is 0 Å². The van der Waals surface area contributed by atoms with Gasteiger partial charge in [-0.05, 0) is 31.4 Å². The Morgan fingerprint density at radius 2 is 2.00 bits per heavy atom. The van der Waals surface area contributed by atoms with Crippen molar-refractivity contribution in [2.24, 2.45) is 0 Å². The highest BCUT2D eigenvalue weighted by molar-refractivity contribution is 5.95. The molecule has 1 fully saturated rings. The maximum absolute atomic E-state index is 12.7. The molecule has 0 aliphatic heterocycles. The third-order valence-electron chi connectivity index (χ3n) is 5.42. The molecule has 2 aromatic heterocycles. The van der Waals surface area contributed by atoms with E-state index in [0.29, 0.717) is 23.6 Å². The van der Waals surface area contributed by atoms with Crippen LogP contribution < -0.4 is 10.9 Å². The number of nitrogens with one attached hydrogen (secondary N) is 2. The molecule has 4 rings (SSSR count). The van der Waals surface area contributed by atoms with Crippen LogP contribution in [0, 0.1) is 6.92 Å². The van der Waals surface area contributed by atoms with E-state index in [2.05, 4.69) is 32.7 Å². The average Bonchev–Trinajstić information content (AvgIpc) is 3.04. The monoisotopic (exact) mass is 363 g/mol. The van der Waals surface area contributed by atoms with Gasteiger partial charge in [0.2, 0.25) is 0 Å². The first-order chi connectivity index (χ1) is 13.1. The number of hydrogen-bond donors (Lipinski definition) is 2. The van der Waals surface area contributed by atoms with Gasteiger partial charge in [-0.1, -0.05) is 36.8 Å². The van der Waals surface area contributed by atoms with Crippen molar-refractivity contribution in [2.75, 3.05) is 6.54 Å². The average molecular weight is 363 g/mol. The Labute approximate surface area is 156 Å². The first-order valence-electron chi connectivity index (χ1n) is 9.04. The van der Waals surface area contributed by atoms with Gasteiger partial charge in [-0.2, -0.15) is 10.2 Å². The number of H-pyrrole nitrogens is 1. The summed E-state index contributed by atoms with van der Waals surface area (Å²) in [5.41, 5.74) is 2.20. The normalized spacial score (nSPS) is 15.1. The maximum atomic E-state index is 12.7. The molecule has 1 aliphatic rings. The van der Waals surface area contributed by atoms with Crippen LogP contribution in [0.4, 0.5) is 0 Å². The number of carbonyl (C=O) groups excluding carboxylic acids is 1. The van der Waals surface area contributed by atoms with E-state index >= 15 is 0 Å². The van der Waals surface area contributed by atoms with Gasteiger partial charge in [-0.25, -0.2) is 9.78 Å². The minimum Gasteiger partial charge on any atom is -0.351 e. The molecule has 2 N–H and O–H groups in total. The van der Waals surface area contributed by atoms with Gasteiger partial charge in [0, 0.05) is 18.0 Å². The van der Waals surface area contributed by atoms with E-state index in [1.807, 2.05) is 25.1 Å². The number of aromatic nitrogens is 4. The number of nitrogens with zero attached hydrogens (tertiary/aromatic N) is 3. The molecule has 0 bridgehead atoms. The summed E-state index contributed by atoms with van der Waals surface area (Å²) in [6.45, 7) is 2.42. The van der Waals surface area contributed by atoms with E-state index in [0.717, 1.165) is 12.8 Å². The zero-order valence-electron chi connectivity index (χ0n) is 15.1. The Balaban J connectivity index is 1.51. The van der Waals surface area contributed by atoms with Crippen LogP contribution in [0.3, 0.4) is 0 Å². The van der Waals surface area contributed by atoms with Gasteiger partial charge < -0.3 is 5.32 Å². The van der Waals surface area contributed by atoms with Crippen LogP contribution in [0.1, 0.15) is 40.9 Å². The molecule has 0 spiro atoms. The highest BCUT2D eigenvalue weighted by Crippen LogP contribution is 2.43. The maximum Gasteiger partial charge on any atom is 0.264 e. The second kappa shape index (κ2) is 6.83. The van der Waals surface area contributed by atoms with Crippen molar-refractivity contribution in [1.82, 2.24) is 25.3 Å². The first kappa shape index (κ1) is 17.2. The molecule has 7 heteroatoms. The summed E-state index contributed by atoms with van der Waals surface area (Å²) >= 11 is 0. The van der Waals surface area contributed by atoms with Gasteiger partial charge in [0.05, 0.1) is 17.5 Å². The van der Waals surface area contributed by atoms with Crippen LogP contribution in [0.15, 0.2) is 53.5 Å². The molecule has 3 aromatic rings. The van der Waals surface area contributed by atoms with Gasteiger partial charge in [0.15, 0.2) is 5.82 Å². The summed E-state index contributed by atoms with van der Waals surface area (Å²) in [5.74, 6) is 0.316. The topological polar surface area (TPSA) is 92.7 Å². The highest BCUT2D eigenvalue weighted by atomic mass is 16.1. The van der Waals surface area contributed by atoms with Crippen molar-refractivity contribution < 1.29 is 4.79 Å². The third-order valence-corrected chi connectivity index (χ3v) is 5.42. The molecule has 1 saturated carbocycles. The van der Waals surface area contributed by atoms with Crippen LogP contribution >= 0.6 is 0 Å². The van der Waals surface area contributed by atoms with Crippen molar-refractivity contribution in [3.05, 3.63) is 75.8 Å². The first-order valence-corrected chi connectivity index (χ1v) is 9.04. The number of hydrogen-bond acceptors (Lipinski definition) is 4. The molecular weight excluding hydrogens is 342 g/mol. The molecule has 0 saturated heterocycles. The van der Waals surface area contributed by atoms with Crippen LogP contribution in [0.5, 0.6) is 0 Å². The third kappa shape index (κ3) is 3.16. The lowest BCUT2D eigenvalue weighted by molar-refractivity contribution is 0.0927. The smallest absolute Gasteiger partial charge is 0.264 e. The fourth-order valence-electron chi connectivity index (χ4n) is 3.63. The fraction of sp³-hybridized carbons (Fsp3) is 0.300. The van der Waals surface area contributed by atoms with Crippen LogP contribution in [0.25, 0.3) is 5.82 Å². The standard InChI is InChI=1S/C20H21N5O2/c1-14-16(12-22-25(14)17-8-9-18(26)24-23-17)19(27)21-13-20(10-5-11-20)15-6-3-2-4-7-15/h2-4,6-9,12H,5,10-11,13H2,1H3,(H,21,27)(H,24,26). The Morgan fingerprint density at radius 1 is 1.22 bits per heavy atom. The predicted molar refractivity (Wildman–Crippen MR) is 101 cm³/mol. The Morgan fingerprint density at radius 3 is 2.63 bits per heavy atom. The van der Waals surface area contributed by atoms with Crippen molar-refractivity contribution in [2.45, 2.75) is 31.6 Å². The molecular formula is C20H21N5O2. The minimum atomic E-state index is -0.284. The molecule has 1 aromatic carbocycles. The second-order valence-electron chi connectivity index (χ2n) is 7.02. The Kier molecular flexibility index (Phi) is 4.35. The van der Waals surface area contributed by atoms with E-state index in [1.165, 1.54) is 24.2 Å². The molecule has 27 heavy (non-hydrogen) atoms.